The lowest BCUT2D eigenvalue weighted by Gasteiger charge is -2.22. The highest BCUT2D eigenvalue weighted by molar-refractivity contribution is 5.86. The molecule has 2 N–H and O–H groups in total. The van der Waals surface area contributed by atoms with Crippen LogP contribution in [0.4, 0.5) is 5.82 Å². The number of anilines is 1. The van der Waals surface area contributed by atoms with E-state index < -0.39 is 0 Å². The molecule has 4 rings (SSSR count). The quantitative estimate of drug-likeness (QED) is 0.531. The number of aromatic nitrogens is 2. The molecule has 134 valence electrons. The molecule has 2 aromatic heterocycles. The predicted molar refractivity (Wildman–Crippen MR) is 109 cm³/mol. The number of rotatable bonds is 4. The number of hydrogen-bond acceptors (Lipinski definition) is 4. The topological polar surface area (TPSA) is 58.0 Å². The number of aromatic hydroxyl groups is 1. The lowest BCUT2D eigenvalue weighted by molar-refractivity contribution is 0.471. The maximum absolute atomic E-state index is 11.0. The van der Waals surface area contributed by atoms with Crippen molar-refractivity contribution >= 4 is 16.7 Å². The largest absolute Gasteiger partial charge is 0.505 e. The lowest BCUT2D eigenvalue weighted by Crippen LogP contribution is -2.13. The Hall–Kier alpha value is -3.40. The van der Waals surface area contributed by atoms with E-state index in [0.717, 1.165) is 33.6 Å². The van der Waals surface area contributed by atoms with Crippen LogP contribution in [-0.4, -0.2) is 15.1 Å². The van der Waals surface area contributed by atoms with E-state index in [9.17, 15) is 5.11 Å². The lowest BCUT2D eigenvalue weighted by atomic mass is 9.96. The first-order chi connectivity index (χ1) is 13.1. The van der Waals surface area contributed by atoms with Gasteiger partial charge in [-0.2, -0.15) is 0 Å². The van der Waals surface area contributed by atoms with Gasteiger partial charge in [0.1, 0.15) is 17.1 Å². The predicted octanol–water partition coefficient (Wildman–Crippen LogP) is 5.15. The molecule has 1 atom stereocenters. The van der Waals surface area contributed by atoms with Crippen molar-refractivity contribution in [1.29, 1.82) is 0 Å². The average Bonchev–Trinajstić information content (AvgIpc) is 2.68. The highest BCUT2D eigenvalue weighted by atomic mass is 16.3. The van der Waals surface area contributed by atoms with Crippen molar-refractivity contribution in [2.45, 2.75) is 19.9 Å². The fraction of sp³-hybridized carbons (Fsp3) is 0.130. The third-order valence-electron chi connectivity index (χ3n) is 4.66. The number of pyridine rings is 2. The van der Waals surface area contributed by atoms with Gasteiger partial charge in [0.25, 0.3) is 0 Å². The minimum atomic E-state index is -0.243. The van der Waals surface area contributed by atoms with Gasteiger partial charge in [-0.3, -0.25) is 0 Å². The van der Waals surface area contributed by atoms with Crippen LogP contribution >= 0.6 is 0 Å². The van der Waals surface area contributed by atoms with E-state index in [1.54, 1.807) is 6.20 Å². The summed E-state index contributed by atoms with van der Waals surface area (Å²) in [5.74, 6) is 0.964. The Kier molecular flexibility index (Phi) is 4.47. The molecule has 4 nitrogen and oxygen atoms in total. The summed E-state index contributed by atoms with van der Waals surface area (Å²) in [6, 6.07) is 21.7. The van der Waals surface area contributed by atoms with Crippen LogP contribution in [-0.2, 0) is 0 Å². The Labute approximate surface area is 158 Å². The van der Waals surface area contributed by atoms with Gasteiger partial charge in [-0.05, 0) is 43.2 Å². The van der Waals surface area contributed by atoms with E-state index in [1.165, 1.54) is 0 Å². The molecule has 0 bridgehead atoms. The van der Waals surface area contributed by atoms with E-state index in [0.29, 0.717) is 5.52 Å². The van der Waals surface area contributed by atoms with Crippen LogP contribution in [0.5, 0.6) is 5.75 Å². The zero-order valence-electron chi connectivity index (χ0n) is 15.3. The van der Waals surface area contributed by atoms with Crippen LogP contribution < -0.4 is 5.32 Å². The number of phenolic OH excluding ortho intramolecular Hbond substituents is 1. The molecule has 0 aliphatic carbocycles. The molecule has 0 saturated carbocycles. The molecule has 2 heterocycles. The molecule has 2 aromatic carbocycles. The first-order valence-corrected chi connectivity index (χ1v) is 8.95. The molecule has 0 saturated heterocycles. The molecule has 4 aromatic rings. The van der Waals surface area contributed by atoms with Crippen molar-refractivity contribution in [1.82, 2.24) is 9.97 Å². The van der Waals surface area contributed by atoms with Crippen molar-refractivity contribution in [2.24, 2.45) is 0 Å². The fourth-order valence-electron chi connectivity index (χ4n) is 3.27. The molecule has 0 amide bonds. The minimum Gasteiger partial charge on any atom is -0.505 e. The van der Waals surface area contributed by atoms with Gasteiger partial charge in [0, 0.05) is 22.8 Å². The molecule has 1 unspecified atom stereocenters. The summed E-state index contributed by atoms with van der Waals surface area (Å²) >= 11 is 0. The monoisotopic (exact) mass is 355 g/mol. The molecule has 27 heavy (non-hydrogen) atoms. The highest BCUT2D eigenvalue weighted by Gasteiger charge is 2.20. The summed E-state index contributed by atoms with van der Waals surface area (Å²) in [7, 11) is 0. The van der Waals surface area contributed by atoms with Crippen molar-refractivity contribution < 1.29 is 5.11 Å². The molecule has 0 aliphatic rings. The van der Waals surface area contributed by atoms with Crippen LogP contribution in [0.25, 0.3) is 10.9 Å². The van der Waals surface area contributed by atoms with Crippen LogP contribution in [0.2, 0.25) is 0 Å². The van der Waals surface area contributed by atoms with Gasteiger partial charge in [0.15, 0.2) is 0 Å². The summed E-state index contributed by atoms with van der Waals surface area (Å²) in [4.78, 5) is 8.97. The Bertz CT molecular complexity index is 1090. The van der Waals surface area contributed by atoms with Gasteiger partial charge in [0.05, 0.1) is 6.04 Å². The SMILES string of the molecule is Cc1ccnc(NC(c2ccccc2)c2ccc3ccc(C)nc3c2O)c1. The molecular weight excluding hydrogens is 334 g/mol. The summed E-state index contributed by atoms with van der Waals surface area (Å²) in [5, 5.41) is 15.4. The number of phenols is 1. The van der Waals surface area contributed by atoms with E-state index in [2.05, 4.69) is 15.3 Å². The first kappa shape index (κ1) is 17.0. The van der Waals surface area contributed by atoms with Crippen LogP contribution in [0.3, 0.4) is 0 Å². The Morgan fingerprint density at radius 2 is 1.70 bits per heavy atom. The molecule has 0 aliphatic heterocycles. The van der Waals surface area contributed by atoms with Crippen molar-refractivity contribution in [3.05, 3.63) is 95.3 Å². The summed E-state index contributed by atoms with van der Waals surface area (Å²) in [6.07, 6.45) is 1.78. The second-order valence-electron chi connectivity index (χ2n) is 6.73. The first-order valence-electron chi connectivity index (χ1n) is 8.95. The van der Waals surface area contributed by atoms with E-state index in [-0.39, 0.29) is 11.8 Å². The van der Waals surface area contributed by atoms with E-state index >= 15 is 0 Å². The van der Waals surface area contributed by atoms with Crippen LogP contribution in [0, 0.1) is 13.8 Å². The van der Waals surface area contributed by atoms with Crippen molar-refractivity contribution in [3.63, 3.8) is 0 Å². The molecule has 0 fully saturated rings. The Morgan fingerprint density at radius 1 is 0.926 bits per heavy atom. The maximum atomic E-state index is 11.0. The van der Waals surface area contributed by atoms with Gasteiger partial charge in [-0.15, -0.1) is 0 Å². The van der Waals surface area contributed by atoms with Crippen LogP contribution in [0.1, 0.15) is 28.4 Å². The van der Waals surface area contributed by atoms with Gasteiger partial charge in [-0.25, -0.2) is 9.97 Å². The third kappa shape index (κ3) is 3.47. The number of benzene rings is 2. The Balaban J connectivity index is 1.86. The number of aryl methyl sites for hydroxylation is 2. The second-order valence-corrected chi connectivity index (χ2v) is 6.73. The number of nitrogens with one attached hydrogen (secondary N) is 1. The number of hydrogen-bond donors (Lipinski definition) is 2. The van der Waals surface area contributed by atoms with Gasteiger partial charge in [0.2, 0.25) is 0 Å². The molecule has 4 heteroatoms. The van der Waals surface area contributed by atoms with Gasteiger partial charge < -0.3 is 10.4 Å². The summed E-state index contributed by atoms with van der Waals surface area (Å²) in [6.45, 7) is 3.96. The van der Waals surface area contributed by atoms with Crippen LogP contribution in [0.15, 0.2) is 72.9 Å². The van der Waals surface area contributed by atoms with Crippen molar-refractivity contribution in [3.8, 4) is 5.75 Å². The van der Waals surface area contributed by atoms with Gasteiger partial charge in [-0.1, -0.05) is 48.5 Å². The average molecular weight is 355 g/mol. The Morgan fingerprint density at radius 3 is 2.48 bits per heavy atom. The summed E-state index contributed by atoms with van der Waals surface area (Å²) in [5.41, 5.74) is 4.43. The molecular formula is C23H21N3O. The fourth-order valence-corrected chi connectivity index (χ4v) is 3.27. The zero-order valence-corrected chi connectivity index (χ0v) is 15.3. The van der Waals surface area contributed by atoms with Crippen molar-refractivity contribution in [2.75, 3.05) is 5.32 Å². The zero-order chi connectivity index (χ0) is 18.8. The highest BCUT2D eigenvalue weighted by Crippen LogP contribution is 2.36. The van der Waals surface area contributed by atoms with Gasteiger partial charge >= 0.3 is 0 Å². The normalized spacial score (nSPS) is 12.1. The number of nitrogens with zero attached hydrogens (tertiary/aromatic N) is 2. The number of fused-ring (bicyclic) bond motifs is 1. The maximum Gasteiger partial charge on any atom is 0.147 e. The van der Waals surface area contributed by atoms with E-state index in [1.807, 2.05) is 80.6 Å². The third-order valence-corrected chi connectivity index (χ3v) is 4.66. The molecule has 0 spiro atoms. The minimum absolute atomic E-state index is 0.199. The summed E-state index contributed by atoms with van der Waals surface area (Å²) < 4.78 is 0. The second kappa shape index (κ2) is 7.08. The standard InChI is InChI=1S/C23H21N3O/c1-15-12-13-24-20(14-15)26-21(17-6-4-3-5-7-17)19-11-10-18-9-8-16(2)25-22(18)23(19)27/h3-14,21,27H,1-2H3,(H,24,26). The molecule has 0 radical (unpaired) electrons. The van der Waals surface area contributed by atoms with E-state index in [4.69, 9.17) is 0 Å². The smallest absolute Gasteiger partial charge is 0.147 e.